The summed E-state index contributed by atoms with van der Waals surface area (Å²) in [5.41, 5.74) is 0.473. The highest BCUT2D eigenvalue weighted by Crippen LogP contribution is 2.27. The molecule has 0 aromatic heterocycles. The minimum absolute atomic E-state index is 0.169. The molecule has 1 aromatic carbocycles. The molecular formula is C12H13BrClNO2. The Morgan fingerprint density at radius 2 is 2.24 bits per heavy atom. The second kappa shape index (κ2) is 5.38. The van der Waals surface area contributed by atoms with Gasteiger partial charge in [0.25, 0.3) is 5.91 Å². The molecule has 3 nitrogen and oxygen atoms in total. The van der Waals surface area contributed by atoms with Gasteiger partial charge in [-0.25, -0.2) is 0 Å². The van der Waals surface area contributed by atoms with Crippen molar-refractivity contribution in [2.24, 2.45) is 5.92 Å². The molecule has 5 heteroatoms. The Kier molecular flexibility index (Phi) is 4.07. The number of carbonyl (C=O) groups excluding carboxylic acids is 1. The zero-order chi connectivity index (χ0) is 12.4. The minimum atomic E-state index is -0.189. The Hall–Kier alpha value is -0.580. The Bertz CT molecular complexity index is 433. The molecular weight excluding hydrogens is 305 g/mol. The zero-order valence-corrected chi connectivity index (χ0v) is 11.5. The van der Waals surface area contributed by atoms with Gasteiger partial charge in [-0.1, -0.05) is 17.7 Å². The highest BCUT2D eigenvalue weighted by atomic mass is 79.9. The van der Waals surface area contributed by atoms with E-state index in [9.17, 15) is 4.79 Å². The van der Waals surface area contributed by atoms with Crippen molar-refractivity contribution in [2.75, 3.05) is 6.54 Å². The maximum atomic E-state index is 11.9. The van der Waals surface area contributed by atoms with E-state index in [-0.39, 0.29) is 12.0 Å². The van der Waals surface area contributed by atoms with Gasteiger partial charge in [-0.3, -0.25) is 4.79 Å². The summed E-state index contributed by atoms with van der Waals surface area (Å²) in [6.07, 6.45) is 1.35. The van der Waals surface area contributed by atoms with E-state index in [4.69, 9.17) is 16.7 Å². The lowest BCUT2D eigenvalue weighted by Crippen LogP contribution is -2.38. The van der Waals surface area contributed by atoms with Gasteiger partial charge in [0.05, 0.1) is 16.7 Å². The Morgan fingerprint density at radius 1 is 1.53 bits per heavy atom. The molecule has 2 N–H and O–H groups in total. The molecule has 17 heavy (non-hydrogen) atoms. The number of halogens is 2. The van der Waals surface area contributed by atoms with Crippen LogP contribution in [-0.4, -0.2) is 23.7 Å². The van der Waals surface area contributed by atoms with Crippen LogP contribution in [0.4, 0.5) is 0 Å². The quantitative estimate of drug-likeness (QED) is 0.900. The fourth-order valence-corrected chi connectivity index (χ4v) is 2.46. The van der Waals surface area contributed by atoms with E-state index in [0.29, 0.717) is 27.5 Å². The van der Waals surface area contributed by atoms with Crippen LogP contribution in [0.15, 0.2) is 22.7 Å². The fraction of sp³-hybridized carbons (Fsp3) is 0.417. The molecule has 1 aliphatic rings. The lowest BCUT2D eigenvalue weighted by molar-refractivity contribution is 0.0420. The first-order valence-corrected chi connectivity index (χ1v) is 6.65. The fourth-order valence-electron chi connectivity index (χ4n) is 1.88. The Balaban J connectivity index is 1.93. The number of rotatable bonds is 3. The van der Waals surface area contributed by atoms with E-state index < -0.39 is 0 Å². The summed E-state index contributed by atoms with van der Waals surface area (Å²) in [5, 5.41) is 12.4. The van der Waals surface area contributed by atoms with E-state index in [2.05, 4.69) is 21.2 Å². The molecule has 0 radical (unpaired) electrons. The number of amides is 1. The third-order valence-electron chi connectivity index (χ3n) is 2.96. The van der Waals surface area contributed by atoms with Crippen molar-refractivity contribution in [1.29, 1.82) is 0 Å². The summed E-state index contributed by atoms with van der Waals surface area (Å²) in [6.45, 7) is 0.596. The van der Waals surface area contributed by atoms with Gasteiger partial charge < -0.3 is 10.4 Å². The van der Waals surface area contributed by atoms with Gasteiger partial charge in [0.15, 0.2) is 0 Å². The molecule has 0 saturated heterocycles. The standard InChI is InChI=1S/C12H13BrClNO2/c13-10-3-1-2-9(11(10)14)12(17)15-6-7-4-8(16)5-7/h1-3,7-8,16H,4-6H2,(H,15,17). The summed E-state index contributed by atoms with van der Waals surface area (Å²) >= 11 is 9.31. The second-order valence-corrected chi connectivity index (χ2v) is 5.53. The van der Waals surface area contributed by atoms with Gasteiger partial charge in [-0.15, -0.1) is 0 Å². The van der Waals surface area contributed by atoms with Gasteiger partial charge in [-0.05, 0) is 46.8 Å². The van der Waals surface area contributed by atoms with E-state index in [1.807, 2.05) is 0 Å². The summed E-state index contributed by atoms with van der Waals surface area (Å²) in [4.78, 5) is 11.9. The maximum absolute atomic E-state index is 11.9. The van der Waals surface area contributed by atoms with Crippen molar-refractivity contribution in [3.63, 3.8) is 0 Å². The monoisotopic (exact) mass is 317 g/mol. The number of aliphatic hydroxyl groups is 1. The average Bonchev–Trinajstić information content (AvgIpc) is 2.26. The van der Waals surface area contributed by atoms with Crippen molar-refractivity contribution < 1.29 is 9.90 Å². The summed E-state index contributed by atoms with van der Waals surface area (Å²) in [5.74, 6) is 0.220. The predicted octanol–water partition coefficient (Wildman–Crippen LogP) is 2.60. The van der Waals surface area contributed by atoms with Crippen LogP contribution in [0, 0.1) is 5.92 Å². The van der Waals surface area contributed by atoms with Gasteiger partial charge in [0, 0.05) is 11.0 Å². The van der Waals surface area contributed by atoms with Gasteiger partial charge in [0.2, 0.25) is 0 Å². The van der Waals surface area contributed by atoms with Crippen molar-refractivity contribution in [3.05, 3.63) is 33.3 Å². The first kappa shape index (κ1) is 12.9. The normalized spacial score (nSPS) is 23.0. The molecule has 1 aliphatic carbocycles. The second-order valence-electron chi connectivity index (χ2n) is 4.30. The Labute approximate surface area is 113 Å². The molecule has 0 heterocycles. The van der Waals surface area contributed by atoms with E-state index in [1.165, 1.54) is 0 Å². The van der Waals surface area contributed by atoms with E-state index >= 15 is 0 Å². The number of nitrogens with one attached hydrogen (secondary N) is 1. The molecule has 1 amide bonds. The van der Waals surface area contributed by atoms with Crippen molar-refractivity contribution in [1.82, 2.24) is 5.32 Å². The van der Waals surface area contributed by atoms with Gasteiger partial charge in [-0.2, -0.15) is 0 Å². The summed E-state index contributed by atoms with van der Waals surface area (Å²) in [7, 11) is 0. The first-order chi connectivity index (χ1) is 8.08. The molecule has 0 atom stereocenters. The highest BCUT2D eigenvalue weighted by molar-refractivity contribution is 9.10. The smallest absolute Gasteiger partial charge is 0.252 e. The van der Waals surface area contributed by atoms with Crippen molar-refractivity contribution >= 4 is 33.4 Å². The topological polar surface area (TPSA) is 49.3 Å². The zero-order valence-electron chi connectivity index (χ0n) is 9.12. The SMILES string of the molecule is O=C(NCC1CC(O)C1)c1cccc(Br)c1Cl. The number of aliphatic hydroxyl groups excluding tert-OH is 1. The van der Waals surface area contributed by atoms with Crippen molar-refractivity contribution in [2.45, 2.75) is 18.9 Å². The molecule has 0 spiro atoms. The molecule has 1 saturated carbocycles. The van der Waals surface area contributed by atoms with Crippen LogP contribution in [0.5, 0.6) is 0 Å². The third-order valence-corrected chi connectivity index (χ3v) is 4.25. The lowest BCUT2D eigenvalue weighted by atomic mass is 9.82. The van der Waals surface area contributed by atoms with Crippen LogP contribution >= 0.6 is 27.5 Å². The molecule has 0 unspecified atom stereocenters. The van der Waals surface area contributed by atoms with Gasteiger partial charge >= 0.3 is 0 Å². The molecule has 1 aromatic rings. The van der Waals surface area contributed by atoms with Crippen LogP contribution < -0.4 is 5.32 Å². The number of benzene rings is 1. The van der Waals surface area contributed by atoms with Crippen LogP contribution in [0.25, 0.3) is 0 Å². The number of hydrogen-bond acceptors (Lipinski definition) is 2. The van der Waals surface area contributed by atoms with Crippen LogP contribution in [0.3, 0.4) is 0 Å². The maximum Gasteiger partial charge on any atom is 0.252 e. The van der Waals surface area contributed by atoms with Crippen molar-refractivity contribution in [3.8, 4) is 0 Å². The van der Waals surface area contributed by atoms with Gasteiger partial charge in [0.1, 0.15) is 0 Å². The van der Waals surface area contributed by atoms with E-state index in [0.717, 1.165) is 12.8 Å². The van der Waals surface area contributed by atoms with Crippen LogP contribution in [0.2, 0.25) is 5.02 Å². The Morgan fingerprint density at radius 3 is 2.88 bits per heavy atom. The van der Waals surface area contributed by atoms with Crippen LogP contribution in [0.1, 0.15) is 23.2 Å². The minimum Gasteiger partial charge on any atom is -0.393 e. The van der Waals surface area contributed by atoms with Crippen LogP contribution in [-0.2, 0) is 0 Å². The highest BCUT2D eigenvalue weighted by Gasteiger charge is 2.27. The first-order valence-electron chi connectivity index (χ1n) is 5.48. The molecule has 2 rings (SSSR count). The number of carbonyl (C=O) groups is 1. The number of hydrogen-bond donors (Lipinski definition) is 2. The van der Waals surface area contributed by atoms with E-state index in [1.54, 1.807) is 18.2 Å². The third kappa shape index (κ3) is 3.00. The molecule has 92 valence electrons. The largest absolute Gasteiger partial charge is 0.393 e. The molecule has 0 bridgehead atoms. The summed E-state index contributed by atoms with van der Waals surface area (Å²) in [6, 6.07) is 5.26. The summed E-state index contributed by atoms with van der Waals surface area (Å²) < 4.78 is 0.714. The predicted molar refractivity (Wildman–Crippen MR) is 70.2 cm³/mol. The lowest BCUT2D eigenvalue weighted by Gasteiger charge is -2.31. The molecule has 1 fully saturated rings. The molecule has 0 aliphatic heterocycles. The average molecular weight is 319 g/mol.